The quantitative estimate of drug-likeness (QED) is 0.0904. The van der Waals surface area contributed by atoms with Gasteiger partial charge in [-0.2, -0.15) is 0 Å². The Morgan fingerprint density at radius 3 is 0.829 bits per heavy atom. The summed E-state index contributed by atoms with van der Waals surface area (Å²) < 4.78 is 1.11. The Bertz CT molecular complexity index is 6590. The summed E-state index contributed by atoms with van der Waals surface area (Å²) in [5.41, 5.74) is 17.6. The van der Waals surface area contributed by atoms with Gasteiger partial charge in [0.25, 0.3) is 0 Å². The lowest BCUT2D eigenvalue weighted by Gasteiger charge is -2.18. The lowest BCUT2D eigenvalue weighted by atomic mass is 9.72. The van der Waals surface area contributed by atoms with Crippen molar-refractivity contribution in [2.75, 3.05) is 0 Å². The number of benzene rings is 20. The van der Waals surface area contributed by atoms with E-state index in [4.69, 9.17) is 0 Å². The minimum absolute atomic E-state index is 0. The van der Waals surface area contributed by atoms with Crippen molar-refractivity contribution in [2.24, 2.45) is 0 Å². The van der Waals surface area contributed by atoms with E-state index in [1.54, 1.807) is 0 Å². The molecule has 0 spiro atoms. The van der Waals surface area contributed by atoms with Crippen LogP contribution >= 0.6 is 15.9 Å². The molecule has 0 heterocycles. The van der Waals surface area contributed by atoms with Crippen molar-refractivity contribution in [2.45, 2.75) is 7.43 Å². The van der Waals surface area contributed by atoms with Crippen molar-refractivity contribution in [3.63, 3.8) is 0 Å². The molecule has 20 rings (SSSR count). The second kappa shape index (κ2) is 28.4. The summed E-state index contributed by atoms with van der Waals surface area (Å²) in [7, 11) is -1.55. The highest BCUT2D eigenvalue weighted by Gasteiger charge is 2.23. The van der Waals surface area contributed by atoms with E-state index in [9.17, 15) is 10.0 Å². The maximum atomic E-state index is 10.2. The van der Waals surface area contributed by atoms with Gasteiger partial charge >= 0.3 is 7.12 Å². The summed E-state index contributed by atoms with van der Waals surface area (Å²) in [4.78, 5) is 0. The molecule has 0 atom stereocenters. The van der Waals surface area contributed by atoms with Gasteiger partial charge in [0.15, 0.2) is 0 Å². The minimum Gasteiger partial charge on any atom is -0.423 e. The Hall–Kier alpha value is -12.5. The van der Waals surface area contributed by atoms with Crippen molar-refractivity contribution in [3.05, 3.63) is 393 Å². The second-order valence-electron chi connectivity index (χ2n) is 26.8. The van der Waals surface area contributed by atoms with Crippen LogP contribution in [0.15, 0.2) is 393 Å². The number of rotatable bonds is 8. The van der Waals surface area contributed by atoms with Crippen LogP contribution in [0.2, 0.25) is 0 Å². The highest BCUT2D eigenvalue weighted by atomic mass is 79.9. The molecule has 0 aliphatic heterocycles. The van der Waals surface area contributed by atoms with E-state index in [-0.39, 0.29) is 7.43 Å². The minimum atomic E-state index is -1.55. The molecule has 2 N–H and O–H groups in total. The molecular weight excluding hydrogens is 1340 g/mol. The highest BCUT2D eigenvalue weighted by molar-refractivity contribution is 9.10. The van der Waals surface area contributed by atoms with Crippen LogP contribution in [0.5, 0.6) is 0 Å². The molecule has 0 aliphatic rings. The predicted octanol–water partition coefficient (Wildman–Crippen LogP) is 27.3. The largest absolute Gasteiger partial charge is 0.489 e. The third-order valence-electron chi connectivity index (χ3n) is 20.8. The molecule has 0 radical (unpaired) electrons. The highest BCUT2D eigenvalue weighted by Crippen LogP contribution is 2.46. The third-order valence-corrected chi connectivity index (χ3v) is 21.4. The van der Waals surface area contributed by atoms with Crippen LogP contribution in [-0.2, 0) is 0 Å². The van der Waals surface area contributed by atoms with Gasteiger partial charge in [0.05, 0.1) is 0 Å². The molecule has 0 unspecified atom stereocenters. The first-order valence-corrected chi connectivity index (χ1v) is 36.2. The molecule has 2 nitrogen and oxygen atoms in total. The van der Waals surface area contributed by atoms with Gasteiger partial charge in [0.2, 0.25) is 0 Å². The predicted molar refractivity (Wildman–Crippen MR) is 457 cm³/mol. The molecule has 0 fully saturated rings. The number of hydrogen-bond donors (Lipinski definition) is 2. The Kier molecular flexibility index (Phi) is 17.8. The number of halogens is 1. The van der Waals surface area contributed by atoms with Gasteiger partial charge < -0.3 is 10.0 Å². The van der Waals surface area contributed by atoms with E-state index < -0.39 is 7.12 Å². The lowest BCUT2D eigenvalue weighted by molar-refractivity contribution is 0.426. The fourth-order valence-electron chi connectivity index (χ4n) is 16.0. The normalized spacial score (nSPS) is 11.3. The molecular formula is C101H70BBrO2. The van der Waals surface area contributed by atoms with E-state index >= 15 is 0 Å². The zero-order valence-electron chi connectivity index (χ0n) is 56.8. The topological polar surface area (TPSA) is 40.5 Å². The van der Waals surface area contributed by atoms with Crippen LogP contribution < -0.4 is 5.46 Å². The second-order valence-corrected chi connectivity index (χ2v) is 27.8. The summed E-state index contributed by atoms with van der Waals surface area (Å²) in [5.74, 6) is 0. The first-order valence-electron chi connectivity index (χ1n) is 35.4. The van der Waals surface area contributed by atoms with Gasteiger partial charge in [-0.1, -0.05) is 375 Å². The fraction of sp³-hybridized carbons (Fsp3) is 0.00990. The van der Waals surface area contributed by atoms with Gasteiger partial charge in [-0.05, 0) is 227 Å². The molecule has 0 amide bonds. The smallest absolute Gasteiger partial charge is 0.423 e. The molecule has 0 saturated carbocycles. The average molecular weight is 1410 g/mol. The van der Waals surface area contributed by atoms with Gasteiger partial charge in [0.1, 0.15) is 0 Å². The zero-order valence-corrected chi connectivity index (χ0v) is 58.4. The van der Waals surface area contributed by atoms with E-state index in [1.807, 2.05) is 36.4 Å². The van der Waals surface area contributed by atoms with Gasteiger partial charge in [-0.25, -0.2) is 0 Å². The van der Waals surface area contributed by atoms with Crippen LogP contribution in [0.3, 0.4) is 0 Å². The number of hydrogen-bond acceptors (Lipinski definition) is 2. The van der Waals surface area contributed by atoms with Gasteiger partial charge in [0, 0.05) is 4.47 Å². The van der Waals surface area contributed by atoms with Gasteiger partial charge in [-0.15, -0.1) is 0 Å². The van der Waals surface area contributed by atoms with E-state index in [2.05, 4.69) is 368 Å². The molecule has 0 aromatic heterocycles. The van der Waals surface area contributed by atoms with Crippen LogP contribution in [0.25, 0.3) is 186 Å². The third kappa shape index (κ3) is 12.4. The van der Waals surface area contributed by atoms with Crippen molar-refractivity contribution >= 4 is 136 Å². The first-order chi connectivity index (χ1) is 51.3. The molecule has 0 saturated heterocycles. The Morgan fingerprint density at radius 2 is 0.438 bits per heavy atom. The summed E-state index contributed by atoms with van der Waals surface area (Å²) in [5, 5.41) is 44.6. The Morgan fingerprint density at radius 1 is 0.181 bits per heavy atom. The molecule has 4 heteroatoms. The van der Waals surface area contributed by atoms with E-state index in [0.29, 0.717) is 5.46 Å². The van der Waals surface area contributed by atoms with E-state index in [1.165, 1.54) is 147 Å². The molecule has 0 aliphatic carbocycles. The van der Waals surface area contributed by atoms with Crippen LogP contribution in [0, 0.1) is 0 Å². The average Bonchev–Trinajstić information content (AvgIpc) is 0.739. The summed E-state index contributed by atoms with van der Waals surface area (Å²) in [6, 6.07) is 139. The fourth-order valence-corrected chi connectivity index (χ4v) is 16.2. The maximum absolute atomic E-state index is 10.2. The lowest BCUT2D eigenvalue weighted by Crippen LogP contribution is -2.31. The van der Waals surface area contributed by atoms with Crippen LogP contribution in [0.1, 0.15) is 7.43 Å². The molecule has 105 heavy (non-hydrogen) atoms. The summed E-state index contributed by atoms with van der Waals surface area (Å²) in [6.07, 6.45) is 0. The SMILES string of the molecule is Brc1ccc(-c2ccc3ccc4ccccc4c3c2)cc1.C.OB(O)c1c2ccccc2c(-c2cccc(-c3cccc4ccccc34)c2)c2ccccc12.c1cc(-c2cccc3ccccc23)cc(-c2c3ccccc3c(-c3ccc(-c4ccc5ccc6ccccc6c5c4)cc3)c3ccccc23)c1. The van der Waals surface area contributed by atoms with Crippen molar-refractivity contribution in [3.8, 4) is 77.9 Å². The summed E-state index contributed by atoms with van der Waals surface area (Å²) >= 11 is 3.49. The van der Waals surface area contributed by atoms with E-state index in [0.717, 1.165) is 42.7 Å². The molecule has 0 bridgehead atoms. The Labute approximate surface area is 619 Å². The number of fused-ring (bicyclic) bond motifs is 12. The van der Waals surface area contributed by atoms with Crippen LogP contribution in [-0.4, -0.2) is 17.2 Å². The monoisotopic (exact) mass is 1400 g/mol. The Balaban J connectivity index is 0.000000127. The zero-order chi connectivity index (χ0) is 69.6. The molecule has 496 valence electrons. The standard InChI is InChI=1S/C50H32.C30H21BO2.C20H13Br.CH4/c1-3-16-41-34(11-1)13-10-22-43(41)39-14-9-15-40(31-39)50-46-20-7-5-18-44(46)49(45-19-6-8-21-47(45)50)37-28-23-33(24-29-37)38-30-27-36-26-25-35-12-2-4-17-42(35)48(36)32-38;32-31(33)30-27-16-5-3-14-25(27)29(26-15-4-6-17-28(26)30)22-12-7-11-21(19-22)24-18-8-10-20-9-1-2-13-23(20)24;21-18-11-9-14(10-12-18)17-8-7-16-6-5-15-3-1-2-4-19(15)20(16)13-17;/h1-32H;1-19,32-33H;1-13H;1H4. The molecule has 20 aromatic rings. The van der Waals surface area contributed by atoms with Crippen molar-refractivity contribution < 1.29 is 10.0 Å². The van der Waals surface area contributed by atoms with Crippen LogP contribution in [0.4, 0.5) is 0 Å². The maximum Gasteiger partial charge on any atom is 0.489 e. The van der Waals surface area contributed by atoms with Crippen molar-refractivity contribution in [1.82, 2.24) is 0 Å². The van der Waals surface area contributed by atoms with Crippen molar-refractivity contribution in [1.29, 1.82) is 0 Å². The summed E-state index contributed by atoms with van der Waals surface area (Å²) in [6.45, 7) is 0. The molecule has 20 aromatic carbocycles. The van der Waals surface area contributed by atoms with Gasteiger partial charge in [-0.3, -0.25) is 0 Å². The first kappa shape index (κ1) is 65.8.